The average Bonchev–Trinajstić information content (AvgIpc) is 2.91. The predicted octanol–water partition coefficient (Wildman–Crippen LogP) is 2.21. The van der Waals surface area contributed by atoms with Gasteiger partial charge >= 0.3 is 0 Å². The highest BCUT2D eigenvalue weighted by Gasteiger charge is 2.22. The van der Waals surface area contributed by atoms with Crippen LogP contribution in [0.2, 0.25) is 0 Å². The van der Waals surface area contributed by atoms with Crippen molar-refractivity contribution in [2.45, 2.75) is 44.2 Å². The molecule has 0 amide bonds. The lowest BCUT2D eigenvalue weighted by molar-refractivity contribution is 0.183. The van der Waals surface area contributed by atoms with Crippen LogP contribution < -0.4 is 10.0 Å². The number of sulfonamides is 1. The van der Waals surface area contributed by atoms with E-state index in [4.69, 9.17) is 4.74 Å². The van der Waals surface area contributed by atoms with Crippen molar-refractivity contribution in [1.82, 2.24) is 4.72 Å². The van der Waals surface area contributed by atoms with Crippen LogP contribution in [0, 0.1) is 5.92 Å². The van der Waals surface area contributed by atoms with E-state index in [1.165, 1.54) is 0 Å². The highest BCUT2D eigenvalue weighted by Crippen LogP contribution is 2.21. The Labute approximate surface area is 127 Å². The Morgan fingerprint density at radius 3 is 2.38 bits per heavy atom. The number of nitrogens with one attached hydrogen (secondary N) is 2. The van der Waals surface area contributed by atoms with E-state index in [0.717, 1.165) is 25.3 Å². The van der Waals surface area contributed by atoms with E-state index in [-0.39, 0.29) is 6.04 Å². The second kappa shape index (κ2) is 6.77. The molecule has 2 N–H and O–H groups in total. The van der Waals surface area contributed by atoms with Crippen molar-refractivity contribution in [2.24, 2.45) is 5.92 Å². The normalized spacial score (nSPS) is 20.7. The first-order valence-corrected chi connectivity index (χ1v) is 8.83. The van der Waals surface area contributed by atoms with Gasteiger partial charge in [-0.15, -0.1) is 0 Å². The lowest BCUT2D eigenvalue weighted by Gasteiger charge is -2.20. The summed E-state index contributed by atoms with van der Waals surface area (Å²) in [5.41, 5.74) is 0.929. The van der Waals surface area contributed by atoms with Crippen LogP contribution in [0.1, 0.15) is 27.2 Å². The summed E-state index contributed by atoms with van der Waals surface area (Å²) < 4.78 is 32.0. The molecule has 0 spiro atoms. The Balaban J connectivity index is 2.01. The molecule has 0 bridgehead atoms. The molecule has 1 saturated heterocycles. The number of hydrogen-bond donors (Lipinski definition) is 2. The molecule has 0 radical (unpaired) electrons. The summed E-state index contributed by atoms with van der Waals surface area (Å²) >= 11 is 0. The molecule has 118 valence electrons. The molecule has 1 aliphatic heterocycles. The van der Waals surface area contributed by atoms with E-state index in [9.17, 15) is 8.42 Å². The molecule has 6 heteroatoms. The molecule has 2 unspecified atom stereocenters. The van der Waals surface area contributed by atoms with Crippen LogP contribution in [0.5, 0.6) is 0 Å². The second-order valence-corrected chi connectivity index (χ2v) is 7.57. The monoisotopic (exact) mass is 312 g/mol. The highest BCUT2D eigenvalue weighted by molar-refractivity contribution is 7.89. The fraction of sp³-hybridized carbons (Fsp3) is 0.600. The van der Waals surface area contributed by atoms with Crippen molar-refractivity contribution in [2.75, 3.05) is 18.5 Å². The van der Waals surface area contributed by atoms with Crippen LogP contribution in [-0.4, -0.2) is 33.7 Å². The molecule has 1 aromatic rings. The first kappa shape index (κ1) is 16.3. The van der Waals surface area contributed by atoms with Crippen LogP contribution in [0.15, 0.2) is 29.2 Å². The third-order valence-electron chi connectivity index (χ3n) is 3.62. The number of ether oxygens (including phenoxy) is 1. The fourth-order valence-corrected chi connectivity index (χ4v) is 3.69. The number of hydrogen-bond acceptors (Lipinski definition) is 4. The van der Waals surface area contributed by atoms with E-state index in [1.807, 2.05) is 0 Å². The number of benzene rings is 1. The van der Waals surface area contributed by atoms with Gasteiger partial charge < -0.3 is 10.1 Å². The van der Waals surface area contributed by atoms with Crippen molar-refractivity contribution in [1.29, 1.82) is 0 Å². The lowest BCUT2D eigenvalue weighted by Crippen LogP contribution is -2.30. The van der Waals surface area contributed by atoms with Gasteiger partial charge in [-0.2, -0.15) is 0 Å². The minimum atomic E-state index is -3.42. The summed E-state index contributed by atoms with van der Waals surface area (Å²) in [7, 11) is -3.42. The fourth-order valence-electron chi connectivity index (χ4n) is 2.44. The Kier molecular flexibility index (Phi) is 5.24. The summed E-state index contributed by atoms with van der Waals surface area (Å²) in [4.78, 5) is 0.290. The number of rotatable bonds is 6. The summed E-state index contributed by atoms with van der Waals surface area (Å²) in [6.45, 7) is 7.36. The molecule has 0 aliphatic carbocycles. The maximum Gasteiger partial charge on any atom is 0.240 e. The molecule has 1 heterocycles. The van der Waals surface area contributed by atoms with Gasteiger partial charge in [-0.05, 0) is 51.5 Å². The molecule has 5 nitrogen and oxygen atoms in total. The molecule has 2 rings (SSSR count). The van der Waals surface area contributed by atoms with Gasteiger partial charge in [0.15, 0.2) is 0 Å². The molecule has 0 aromatic heterocycles. The Bertz CT molecular complexity index is 549. The maximum absolute atomic E-state index is 12.0. The zero-order valence-electron chi connectivity index (χ0n) is 12.8. The van der Waals surface area contributed by atoms with Gasteiger partial charge in [-0.1, -0.05) is 0 Å². The zero-order valence-corrected chi connectivity index (χ0v) is 13.6. The summed E-state index contributed by atoms with van der Waals surface area (Å²) in [6.07, 6.45) is 1.07. The molecule has 21 heavy (non-hydrogen) atoms. The summed E-state index contributed by atoms with van der Waals surface area (Å²) in [6, 6.07) is 7.07. The van der Waals surface area contributed by atoms with Crippen LogP contribution in [0.4, 0.5) is 5.69 Å². The zero-order chi connectivity index (χ0) is 15.5. The molecule has 1 fully saturated rings. The van der Waals surface area contributed by atoms with Crippen molar-refractivity contribution >= 4 is 15.7 Å². The quantitative estimate of drug-likeness (QED) is 0.845. The standard InChI is InChI=1S/C15H24N2O3S/c1-11(2)17-21(18,19)15-6-4-14(5-7-15)16-12(3)13-8-9-20-10-13/h4-7,11-13,16-17H,8-10H2,1-3H3. The molecular formula is C15H24N2O3S. The Hall–Kier alpha value is -1.11. The summed E-state index contributed by atoms with van der Waals surface area (Å²) in [5.74, 6) is 0.510. The topological polar surface area (TPSA) is 67.4 Å². The van der Waals surface area contributed by atoms with Gasteiger partial charge in [-0.3, -0.25) is 0 Å². The smallest absolute Gasteiger partial charge is 0.240 e. The van der Waals surface area contributed by atoms with Crippen molar-refractivity contribution in [3.8, 4) is 0 Å². The van der Waals surface area contributed by atoms with E-state index in [0.29, 0.717) is 16.9 Å². The molecule has 2 atom stereocenters. The highest BCUT2D eigenvalue weighted by atomic mass is 32.2. The van der Waals surface area contributed by atoms with Gasteiger partial charge in [0, 0.05) is 30.3 Å². The average molecular weight is 312 g/mol. The molecule has 0 saturated carbocycles. The van der Waals surface area contributed by atoms with Gasteiger partial charge in [0.25, 0.3) is 0 Å². The molecule has 1 aromatic carbocycles. The lowest BCUT2D eigenvalue weighted by atomic mass is 10.0. The largest absolute Gasteiger partial charge is 0.382 e. The van der Waals surface area contributed by atoms with Crippen LogP contribution >= 0.6 is 0 Å². The van der Waals surface area contributed by atoms with Gasteiger partial charge in [-0.25, -0.2) is 13.1 Å². The Morgan fingerprint density at radius 2 is 1.86 bits per heavy atom. The predicted molar refractivity (Wildman–Crippen MR) is 83.9 cm³/mol. The summed E-state index contributed by atoms with van der Waals surface area (Å²) in [5, 5.41) is 3.41. The SMILES string of the molecule is CC(C)NS(=O)(=O)c1ccc(NC(C)C2CCOC2)cc1. The minimum absolute atomic E-state index is 0.116. The Morgan fingerprint density at radius 1 is 1.19 bits per heavy atom. The molecule has 1 aliphatic rings. The maximum atomic E-state index is 12.0. The molecular weight excluding hydrogens is 288 g/mol. The van der Waals surface area contributed by atoms with E-state index < -0.39 is 10.0 Å². The van der Waals surface area contributed by atoms with Gasteiger partial charge in [0.2, 0.25) is 10.0 Å². The third kappa shape index (κ3) is 4.43. The minimum Gasteiger partial charge on any atom is -0.382 e. The third-order valence-corrected chi connectivity index (χ3v) is 5.30. The second-order valence-electron chi connectivity index (χ2n) is 5.86. The first-order chi connectivity index (χ1) is 9.88. The first-order valence-electron chi connectivity index (χ1n) is 7.35. The van der Waals surface area contributed by atoms with E-state index >= 15 is 0 Å². The van der Waals surface area contributed by atoms with Gasteiger partial charge in [0.1, 0.15) is 0 Å². The van der Waals surface area contributed by atoms with E-state index in [1.54, 1.807) is 38.1 Å². The number of anilines is 1. The van der Waals surface area contributed by atoms with Crippen LogP contribution in [-0.2, 0) is 14.8 Å². The van der Waals surface area contributed by atoms with E-state index in [2.05, 4.69) is 17.0 Å². The van der Waals surface area contributed by atoms with Crippen molar-refractivity contribution in [3.63, 3.8) is 0 Å². The van der Waals surface area contributed by atoms with Crippen LogP contribution in [0.3, 0.4) is 0 Å². The van der Waals surface area contributed by atoms with Crippen LogP contribution in [0.25, 0.3) is 0 Å². The van der Waals surface area contributed by atoms with Gasteiger partial charge in [0.05, 0.1) is 11.5 Å². The van der Waals surface area contributed by atoms with Crippen molar-refractivity contribution in [3.05, 3.63) is 24.3 Å². The van der Waals surface area contributed by atoms with Crippen molar-refractivity contribution < 1.29 is 13.2 Å².